The van der Waals surface area contributed by atoms with Crippen molar-refractivity contribution in [1.82, 2.24) is 19.5 Å². The van der Waals surface area contributed by atoms with Crippen LogP contribution < -0.4 is 5.56 Å². The highest BCUT2D eigenvalue weighted by Gasteiger charge is 2.30. The van der Waals surface area contributed by atoms with E-state index in [0.717, 1.165) is 77.7 Å². The second-order valence-corrected chi connectivity index (χ2v) is 10.5. The highest BCUT2D eigenvalue weighted by molar-refractivity contribution is 5.76. The van der Waals surface area contributed by atoms with Crippen LogP contribution in [0.15, 0.2) is 53.6 Å². The lowest BCUT2D eigenvalue weighted by atomic mass is 9.75. The Hall–Kier alpha value is -3.41. The van der Waals surface area contributed by atoms with Gasteiger partial charge in [-0.25, -0.2) is 9.37 Å². The minimum atomic E-state index is -0.135. The number of hydrogen-bond donors (Lipinski definition) is 0. The van der Waals surface area contributed by atoms with Crippen molar-refractivity contribution in [3.05, 3.63) is 98.7 Å². The van der Waals surface area contributed by atoms with Crippen LogP contribution in [0.4, 0.5) is 4.39 Å². The van der Waals surface area contributed by atoms with Gasteiger partial charge in [0, 0.05) is 35.0 Å². The second-order valence-electron chi connectivity index (χ2n) is 10.5. The minimum absolute atomic E-state index is 0.0263. The van der Waals surface area contributed by atoms with Crippen molar-refractivity contribution in [1.29, 1.82) is 0 Å². The van der Waals surface area contributed by atoms with Crippen LogP contribution in [-0.4, -0.2) is 19.5 Å². The minimum Gasteiger partial charge on any atom is -0.286 e. The molecule has 0 N–H and O–H groups in total. The zero-order valence-electron chi connectivity index (χ0n) is 20.9. The maximum Gasteiger partial charge on any atom is 0.256 e. The lowest BCUT2D eigenvalue weighted by Gasteiger charge is -2.30. The lowest BCUT2D eigenvalue weighted by molar-refractivity contribution is 0.391. The van der Waals surface area contributed by atoms with Gasteiger partial charge in [0.05, 0.1) is 17.9 Å². The first kappa shape index (κ1) is 23.0. The van der Waals surface area contributed by atoms with E-state index in [1.165, 1.54) is 6.07 Å². The van der Waals surface area contributed by atoms with E-state index in [9.17, 15) is 9.18 Å². The Morgan fingerprint density at radius 2 is 1.58 bits per heavy atom. The number of hydrogen-bond acceptors (Lipinski definition) is 4. The van der Waals surface area contributed by atoms with Crippen molar-refractivity contribution in [3.8, 4) is 0 Å². The third-order valence-corrected chi connectivity index (χ3v) is 8.10. The third-order valence-electron chi connectivity index (χ3n) is 8.10. The van der Waals surface area contributed by atoms with Crippen molar-refractivity contribution in [3.63, 3.8) is 0 Å². The molecule has 6 heteroatoms. The molecule has 0 saturated heterocycles. The third kappa shape index (κ3) is 4.23. The number of aryl methyl sites for hydroxylation is 1. The predicted molar refractivity (Wildman–Crippen MR) is 139 cm³/mol. The fourth-order valence-corrected chi connectivity index (χ4v) is 5.93. The number of benzene rings is 1. The highest BCUT2D eigenvalue weighted by atomic mass is 19.1. The number of aromatic nitrogens is 4. The van der Waals surface area contributed by atoms with Gasteiger partial charge in [0.25, 0.3) is 5.56 Å². The van der Waals surface area contributed by atoms with Crippen molar-refractivity contribution in [2.75, 3.05) is 0 Å². The molecule has 4 aromatic rings. The standard InChI is InChI=1S/C30H31FN4O/c1-18-6-7-23-16-25(21-10-8-20(9-11-21)24-4-3-5-26(31)19(24)2)30(36)35(29(23)34-18)17-27-28(22-12-13-22)33-15-14-32-27/h3-7,14-16,20-22H,8-13,17H2,1-2H3. The van der Waals surface area contributed by atoms with Gasteiger partial charge < -0.3 is 0 Å². The van der Waals surface area contributed by atoms with Crippen LogP contribution >= 0.6 is 0 Å². The molecule has 36 heavy (non-hydrogen) atoms. The topological polar surface area (TPSA) is 60.7 Å². The fraction of sp³-hybridized carbons (Fsp3) is 0.400. The summed E-state index contributed by atoms with van der Waals surface area (Å²) in [6, 6.07) is 11.5. The van der Waals surface area contributed by atoms with Gasteiger partial charge in [0.15, 0.2) is 0 Å². The molecule has 3 heterocycles. The summed E-state index contributed by atoms with van der Waals surface area (Å²) in [7, 11) is 0. The van der Waals surface area contributed by atoms with E-state index in [0.29, 0.717) is 24.0 Å². The van der Waals surface area contributed by atoms with Crippen LogP contribution in [0.25, 0.3) is 11.0 Å². The molecule has 5 nitrogen and oxygen atoms in total. The number of rotatable bonds is 5. The van der Waals surface area contributed by atoms with E-state index in [1.807, 2.05) is 30.5 Å². The van der Waals surface area contributed by atoms with Gasteiger partial charge >= 0.3 is 0 Å². The molecule has 6 rings (SSSR count). The molecule has 2 aliphatic carbocycles. The molecule has 0 aliphatic heterocycles. The largest absolute Gasteiger partial charge is 0.286 e. The maximum absolute atomic E-state index is 14.2. The quantitative estimate of drug-likeness (QED) is 0.334. The number of pyridine rings is 2. The first-order chi connectivity index (χ1) is 17.5. The summed E-state index contributed by atoms with van der Waals surface area (Å²) >= 11 is 0. The summed E-state index contributed by atoms with van der Waals surface area (Å²) < 4.78 is 16.0. The van der Waals surface area contributed by atoms with Gasteiger partial charge in [0.2, 0.25) is 0 Å². The molecule has 0 amide bonds. The molecule has 2 aliphatic rings. The summed E-state index contributed by atoms with van der Waals surface area (Å²) in [4.78, 5) is 28.0. The Labute approximate surface area is 210 Å². The van der Waals surface area contributed by atoms with E-state index in [2.05, 4.69) is 28.2 Å². The zero-order chi connectivity index (χ0) is 24.8. The maximum atomic E-state index is 14.2. The van der Waals surface area contributed by atoms with Crippen molar-refractivity contribution < 1.29 is 4.39 Å². The summed E-state index contributed by atoms with van der Waals surface area (Å²) in [6.07, 6.45) is 9.46. The van der Waals surface area contributed by atoms with Crippen LogP contribution in [0.5, 0.6) is 0 Å². The summed E-state index contributed by atoms with van der Waals surface area (Å²) in [5.74, 6) is 0.841. The van der Waals surface area contributed by atoms with Crippen molar-refractivity contribution in [2.24, 2.45) is 0 Å². The van der Waals surface area contributed by atoms with Gasteiger partial charge in [0.1, 0.15) is 11.5 Å². The number of nitrogens with zero attached hydrogens (tertiary/aromatic N) is 4. The van der Waals surface area contributed by atoms with Crippen molar-refractivity contribution >= 4 is 11.0 Å². The second kappa shape index (κ2) is 9.23. The number of fused-ring (bicyclic) bond motifs is 1. The molecule has 0 atom stereocenters. The van der Waals surface area contributed by atoms with Crippen molar-refractivity contribution in [2.45, 2.75) is 76.7 Å². The van der Waals surface area contributed by atoms with Gasteiger partial charge in [-0.1, -0.05) is 12.1 Å². The smallest absolute Gasteiger partial charge is 0.256 e. The normalized spacial score (nSPS) is 20.1. The number of halogens is 1. The molecule has 1 aromatic carbocycles. The highest BCUT2D eigenvalue weighted by Crippen LogP contribution is 2.42. The van der Waals surface area contributed by atoms with Gasteiger partial charge in [-0.2, -0.15) is 0 Å². The molecule has 0 bridgehead atoms. The average molecular weight is 483 g/mol. The predicted octanol–water partition coefficient (Wildman–Crippen LogP) is 6.31. The van der Waals surface area contributed by atoms with Crippen LogP contribution in [0, 0.1) is 19.7 Å². The zero-order valence-corrected chi connectivity index (χ0v) is 20.9. The Bertz CT molecular complexity index is 1500. The Kier molecular flexibility index (Phi) is 5.90. The molecule has 0 spiro atoms. The van der Waals surface area contributed by atoms with Crippen LogP contribution in [0.2, 0.25) is 0 Å². The molecule has 0 radical (unpaired) electrons. The van der Waals surface area contributed by atoms with E-state index >= 15 is 0 Å². The molecule has 2 saturated carbocycles. The van der Waals surface area contributed by atoms with E-state index < -0.39 is 0 Å². The molecule has 0 unspecified atom stereocenters. The lowest BCUT2D eigenvalue weighted by Crippen LogP contribution is -2.29. The van der Waals surface area contributed by atoms with E-state index in [-0.39, 0.29) is 17.3 Å². The molecular formula is C30H31FN4O. The van der Waals surface area contributed by atoms with E-state index in [4.69, 9.17) is 4.98 Å². The Morgan fingerprint density at radius 3 is 2.33 bits per heavy atom. The molecule has 3 aromatic heterocycles. The van der Waals surface area contributed by atoms with Crippen LogP contribution in [-0.2, 0) is 6.54 Å². The van der Waals surface area contributed by atoms with E-state index in [1.54, 1.807) is 12.4 Å². The first-order valence-corrected chi connectivity index (χ1v) is 13.1. The first-order valence-electron chi connectivity index (χ1n) is 13.1. The molecular weight excluding hydrogens is 451 g/mol. The summed E-state index contributed by atoms with van der Waals surface area (Å²) in [5.41, 5.74) is 6.23. The monoisotopic (exact) mass is 482 g/mol. The Balaban J connectivity index is 1.35. The summed E-state index contributed by atoms with van der Waals surface area (Å²) in [5, 5.41) is 0.982. The summed E-state index contributed by atoms with van der Waals surface area (Å²) in [6.45, 7) is 4.21. The van der Waals surface area contributed by atoms with Crippen LogP contribution in [0.3, 0.4) is 0 Å². The van der Waals surface area contributed by atoms with Crippen LogP contribution in [0.1, 0.15) is 90.1 Å². The average Bonchev–Trinajstić information content (AvgIpc) is 3.73. The van der Waals surface area contributed by atoms with Gasteiger partial charge in [-0.15, -0.1) is 0 Å². The Morgan fingerprint density at radius 1 is 0.889 bits per heavy atom. The van der Waals surface area contributed by atoms with Gasteiger partial charge in [-0.05, 0) is 99.6 Å². The van der Waals surface area contributed by atoms with Gasteiger partial charge in [-0.3, -0.25) is 19.3 Å². The molecule has 2 fully saturated rings. The molecule has 184 valence electrons. The SMILES string of the molecule is Cc1ccc2cc(C3CCC(c4cccc(F)c4C)CC3)c(=O)n(Cc3nccnc3C3CC3)c2n1. The fourth-order valence-electron chi connectivity index (χ4n) is 5.93.